The van der Waals surface area contributed by atoms with E-state index in [0.717, 1.165) is 6.54 Å². The van der Waals surface area contributed by atoms with E-state index in [1.165, 1.54) is 49.8 Å². The molecule has 2 rings (SSSR count). The SMILES string of the molecule is Cc1ccccc1CCC1(CN(C)C)CCCCN1. The summed E-state index contributed by atoms with van der Waals surface area (Å²) >= 11 is 0. The van der Waals surface area contributed by atoms with Gasteiger partial charge in [-0.25, -0.2) is 0 Å². The Labute approximate surface area is 118 Å². The first kappa shape index (κ1) is 14.5. The molecule has 2 nitrogen and oxygen atoms in total. The Kier molecular flexibility index (Phi) is 5.00. The quantitative estimate of drug-likeness (QED) is 0.875. The second-order valence-corrected chi connectivity index (χ2v) is 6.33. The molecule has 0 aromatic heterocycles. The van der Waals surface area contributed by atoms with Crippen LogP contribution >= 0.6 is 0 Å². The third kappa shape index (κ3) is 4.05. The summed E-state index contributed by atoms with van der Waals surface area (Å²) in [4.78, 5) is 2.33. The normalized spacial score (nSPS) is 23.8. The van der Waals surface area contributed by atoms with E-state index in [2.05, 4.69) is 55.5 Å². The number of nitrogens with zero attached hydrogens (tertiary/aromatic N) is 1. The Balaban J connectivity index is 2.02. The van der Waals surface area contributed by atoms with Gasteiger partial charge in [0.15, 0.2) is 0 Å². The highest BCUT2D eigenvalue weighted by Gasteiger charge is 2.31. The molecule has 0 bridgehead atoms. The molecule has 0 spiro atoms. The molecule has 0 saturated carbocycles. The van der Waals surface area contributed by atoms with Gasteiger partial charge in [0.25, 0.3) is 0 Å². The van der Waals surface area contributed by atoms with Crippen LogP contribution in [0.1, 0.15) is 36.8 Å². The van der Waals surface area contributed by atoms with E-state index in [4.69, 9.17) is 0 Å². The molecular formula is C17H28N2. The van der Waals surface area contributed by atoms with Crippen LogP contribution in [0.4, 0.5) is 0 Å². The maximum Gasteiger partial charge on any atom is 0.0311 e. The van der Waals surface area contributed by atoms with Gasteiger partial charge >= 0.3 is 0 Å². The molecule has 1 unspecified atom stereocenters. The van der Waals surface area contributed by atoms with E-state index in [0.29, 0.717) is 5.54 Å². The number of nitrogens with one attached hydrogen (secondary N) is 1. The predicted molar refractivity (Wildman–Crippen MR) is 82.6 cm³/mol. The molecule has 0 radical (unpaired) electrons. The number of likely N-dealkylation sites (N-methyl/N-ethyl adjacent to an activating group) is 1. The van der Waals surface area contributed by atoms with Crippen LogP contribution in [0.25, 0.3) is 0 Å². The summed E-state index contributed by atoms with van der Waals surface area (Å²) in [6.07, 6.45) is 6.45. The Hall–Kier alpha value is -0.860. The van der Waals surface area contributed by atoms with Gasteiger partial charge in [0, 0.05) is 12.1 Å². The molecule has 1 saturated heterocycles. The lowest BCUT2D eigenvalue weighted by atomic mass is 9.82. The van der Waals surface area contributed by atoms with Gasteiger partial charge in [-0.15, -0.1) is 0 Å². The van der Waals surface area contributed by atoms with Gasteiger partial charge in [0.1, 0.15) is 0 Å². The molecule has 1 aromatic rings. The molecule has 1 heterocycles. The van der Waals surface area contributed by atoms with Gasteiger partial charge in [-0.1, -0.05) is 30.7 Å². The number of hydrogen-bond acceptors (Lipinski definition) is 2. The van der Waals surface area contributed by atoms with Crippen molar-refractivity contribution in [1.29, 1.82) is 0 Å². The minimum atomic E-state index is 0.323. The van der Waals surface area contributed by atoms with Crippen molar-refractivity contribution in [3.63, 3.8) is 0 Å². The average Bonchev–Trinajstić information content (AvgIpc) is 2.38. The summed E-state index contributed by atoms with van der Waals surface area (Å²) in [5.41, 5.74) is 3.26. The lowest BCUT2D eigenvalue weighted by Crippen LogP contribution is -2.54. The van der Waals surface area contributed by atoms with Crippen LogP contribution in [0.3, 0.4) is 0 Å². The van der Waals surface area contributed by atoms with Crippen LogP contribution < -0.4 is 5.32 Å². The van der Waals surface area contributed by atoms with E-state index in [9.17, 15) is 0 Å². The standard InChI is InChI=1S/C17H28N2/c1-15-8-4-5-9-16(15)10-12-17(14-19(2)3)11-6-7-13-18-17/h4-5,8-9,18H,6-7,10-14H2,1-3H3. The zero-order valence-electron chi connectivity index (χ0n) is 12.7. The monoisotopic (exact) mass is 260 g/mol. The molecule has 1 fully saturated rings. The third-order valence-electron chi connectivity index (χ3n) is 4.34. The van der Waals surface area contributed by atoms with Gasteiger partial charge in [-0.05, 0) is 64.4 Å². The first-order valence-electron chi connectivity index (χ1n) is 7.56. The van der Waals surface area contributed by atoms with Gasteiger partial charge < -0.3 is 10.2 Å². The predicted octanol–water partition coefficient (Wildman–Crippen LogP) is 3.00. The molecule has 2 heteroatoms. The van der Waals surface area contributed by atoms with Gasteiger partial charge in [0.05, 0.1) is 0 Å². The summed E-state index contributed by atoms with van der Waals surface area (Å²) in [7, 11) is 4.37. The highest BCUT2D eigenvalue weighted by atomic mass is 15.1. The molecule has 106 valence electrons. The minimum Gasteiger partial charge on any atom is -0.310 e. The fourth-order valence-corrected chi connectivity index (χ4v) is 3.33. The first-order chi connectivity index (χ1) is 9.11. The van der Waals surface area contributed by atoms with Crippen LogP contribution in [0.2, 0.25) is 0 Å². The van der Waals surface area contributed by atoms with Crippen molar-refractivity contribution < 1.29 is 0 Å². The van der Waals surface area contributed by atoms with Crippen molar-refractivity contribution in [2.75, 3.05) is 27.2 Å². The van der Waals surface area contributed by atoms with E-state index in [1.807, 2.05) is 0 Å². The Bertz CT molecular complexity index is 392. The van der Waals surface area contributed by atoms with Crippen LogP contribution in [0.5, 0.6) is 0 Å². The van der Waals surface area contributed by atoms with Gasteiger partial charge in [0.2, 0.25) is 0 Å². The minimum absolute atomic E-state index is 0.323. The number of aryl methyl sites for hydroxylation is 2. The van der Waals surface area contributed by atoms with Gasteiger partial charge in [-0.2, -0.15) is 0 Å². The molecule has 1 atom stereocenters. The largest absolute Gasteiger partial charge is 0.310 e. The molecule has 1 aliphatic rings. The molecule has 1 aromatic carbocycles. The smallest absolute Gasteiger partial charge is 0.0311 e. The molecule has 1 N–H and O–H groups in total. The Morgan fingerprint density at radius 3 is 2.63 bits per heavy atom. The topological polar surface area (TPSA) is 15.3 Å². The molecule has 1 aliphatic heterocycles. The van der Waals surface area contributed by atoms with E-state index in [-0.39, 0.29) is 0 Å². The summed E-state index contributed by atoms with van der Waals surface area (Å²) in [6, 6.07) is 8.80. The lowest BCUT2D eigenvalue weighted by molar-refractivity contribution is 0.177. The Morgan fingerprint density at radius 1 is 1.21 bits per heavy atom. The summed E-state index contributed by atoms with van der Waals surface area (Å²) in [6.45, 7) is 4.56. The zero-order chi connectivity index (χ0) is 13.7. The fraction of sp³-hybridized carbons (Fsp3) is 0.647. The van der Waals surface area contributed by atoms with Crippen molar-refractivity contribution in [3.8, 4) is 0 Å². The van der Waals surface area contributed by atoms with Crippen molar-refractivity contribution in [1.82, 2.24) is 10.2 Å². The number of benzene rings is 1. The maximum atomic E-state index is 3.81. The van der Waals surface area contributed by atoms with Crippen molar-refractivity contribution in [2.45, 2.75) is 44.6 Å². The van der Waals surface area contributed by atoms with E-state index < -0.39 is 0 Å². The van der Waals surface area contributed by atoms with Crippen molar-refractivity contribution in [2.24, 2.45) is 0 Å². The van der Waals surface area contributed by atoms with Crippen LogP contribution in [-0.4, -0.2) is 37.6 Å². The summed E-state index contributed by atoms with van der Waals surface area (Å²) in [5, 5.41) is 3.81. The fourth-order valence-electron chi connectivity index (χ4n) is 3.33. The van der Waals surface area contributed by atoms with Gasteiger partial charge in [-0.3, -0.25) is 0 Å². The second kappa shape index (κ2) is 6.53. The van der Waals surface area contributed by atoms with E-state index in [1.54, 1.807) is 0 Å². The van der Waals surface area contributed by atoms with Crippen LogP contribution in [-0.2, 0) is 6.42 Å². The van der Waals surface area contributed by atoms with Crippen LogP contribution in [0, 0.1) is 6.92 Å². The van der Waals surface area contributed by atoms with Crippen molar-refractivity contribution in [3.05, 3.63) is 35.4 Å². The second-order valence-electron chi connectivity index (χ2n) is 6.33. The highest BCUT2D eigenvalue weighted by molar-refractivity contribution is 5.26. The van der Waals surface area contributed by atoms with E-state index >= 15 is 0 Å². The molecule has 0 amide bonds. The van der Waals surface area contributed by atoms with Crippen molar-refractivity contribution >= 4 is 0 Å². The number of rotatable bonds is 5. The molecule has 0 aliphatic carbocycles. The lowest BCUT2D eigenvalue weighted by Gasteiger charge is -2.41. The number of hydrogen-bond donors (Lipinski definition) is 1. The Morgan fingerprint density at radius 2 is 2.00 bits per heavy atom. The van der Waals surface area contributed by atoms with Crippen LogP contribution in [0.15, 0.2) is 24.3 Å². The highest BCUT2D eigenvalue weighted by Crippen LogP contribution is 2.26. The zero-order valence-corrected chi connectivity index (χ0v) is 12.7. The summed E-state index contributed by atoms with van der Waals surface area (Å²) in [5.74, 6) is 0. The molecular weight excluding hydrogens is 232 g/mol. The summed E-state index contributed by atoms with van der Waals surface area (Å²) < 4.78 is 0. The average molecular weight is 260 g/mol. The molecule has 19 heavy (non-hydrogen) atoms. The first-order valence-corrected chi connectivity index (χ1v) is 7.56. The maximum absolute atomic E-state index is 3.81. The number of piperidine rings is 1. The third-order valence-corrected chi connectivity index (χ3v) is 4.34.